The third-order valence-corrected chi connectivity index (χ3v) is 4.59. The van der Waals surface area contributed by atoms with Crippen LogP contribution in [0, 0.1) is 10.1 Å². The molecule has 0 aliphatic rings. The van der Waals surface area contributed by atoms with E-state index in [9.17, 15) is 14.9 Å². The van der Waals surface area contributed by atoms with Gasteiger partial charge in [0.2, 0.25) is 0 Å². The van der Waals surface area contributed by atoms with Crippen molar-refractivity contribution in [2.24, 2.45) is 0 Å². The van der Waals surface area contributed by atoms with Crippen LogP contribution in [0.1, 0.15) is 19.4 Å². The first-order chi connectivity index (χ1) is 12.8. The van der Waals surface area contributed by atoms with E-state index in [1.54, 1.807) is 30.9 Å². The van der Waals surface area contributed by atoms with E-state index in [2.05, 4.69) is 31.4 Å². The second kappa shape index (κ2) is 7.31. The molecule has 0 spiro atoms. The number of anilines is 1. The molecule has 10 heteroatoms. The average Bonchev–Trinajstić information content (AvgIpc) is 3.27. The van der Waals surface area contributed by atoms with Crippen molar-refractivity contribution in [1.29, 1.82) is 0 Å². The van der Waals surface area contributed by atoms with Gasteiger partial charge in [0.1, 0.15) is 17.9 Å². The number of nitrogens with zero attached hydrogens (tertiary/aromatic N) is 5. The molecule has 3 rings (SSSR count). The highest BCUT2D eigenvalue weighted by atomic mass is 79.9. The zero-order valence-corrected chi connectivity index (χ0v) is 16.3. The zero-order chi connectivity index (χ0) is 19.6. The first-order valence-electron chi connectivity index (χ1n) is 8.03. The first-order valence-corrected chi connectivity index (χ1v) is 8.83. The SMILES string of the molecule is CC(C)(C(=O)Nc1cnn(Cc2ccc(Br)cc2)c1)n1cc([N+](=O)[O-])cn1. The van der Waals surface area contributed by atoms with Crippen molar-refractivity contribution in [3.63, 3.8) is 0 Å². The van der Waals surface area contributed by atoms with Crippen molar-refractivity contribution in [3.05, 3.63) is 69.2 Å². The van der Waals surface area contributed by atoms with E-state index in [0.717, 1.165) is 16.2 Å². The van der Waals surface area contributed by atoms with Gasteiger partial charge in [-0.15, -0.1) is 0 Å². The fourth-order valence-corrected chi connectivity index (χ4v) is 2.66. The van der Waals surface area contributed by atoms with Gasteiger partial charge in [-0.3, -0.25) is 24.3 Å². The average molecular weight is 433 g/mol. The van der Waals surface area contributed by atoms with E-state index >= 15 is 0 Å². The van der Waals surface area contributed by atoms with Gasteiger partial charge in [-0.05, 0) is 31.5 Å². The summed E-state index contributed by atoms with van der Waals surface area (Å²) >= 11 is 3.39. The van der Waals surface area contributed by atoms with Gasteiger partial charge in [0, 0.05) is 10.7 Å². The topological polar surface area (TPSA) is 108 Å². The van der Waals surface area contributed by atoms with Crippen molar-refractivity contribution in [2.45, 2.75) is 25.9 Å². The molecule has 3 aromatic rings. The largest absolute Gasteiger partial charge is 0.321 e. The fourth-order valence-electron chi connectivity index (χ4n) is 2.39. The lowest BCUT2D eigenvalue weighted by atomic mass is 10.1. The maximum atomic E-state index is 12.6. The Morgan fingerprint density at radius 3 is 2.56 bits per heavy atom. The molecule has 27 heavy (non-hydrogen) atoms. The van der Waals surface area contributed by atoms with Crippen LogP contribution in [-0.2, 0) is 16.9 Å². The van der Waals surface area contributed by atoms with Crippen LogP contribution >= 0.6 is 15.9 Å². The quantitative estimate of drug-likeness (QED) is 0.475. The summed E-state index contributed by atoms with van der Waals surface area (Å²) < 4.78 is 3.98. The summed E-state index contributed by atoms with van der Waals surface area (Å²) in [5, 5.41) is 21.8. The van der Waals surface area contributed by atoms with Gasteiger partial charge in [-0.1, -0.05) is 28.1 Å². The van der Waals surface area contributed by atoms with E-state index in [1.165, 1.54) is 10.9 Å². The number of rotatable bonds is 6. The maximum absolute atomic E-state index is 12.6. The number of nitrogens with one attached hydrogen (secondary N) is 1. The Labute approximate surface area is 163 Å². The van der Waals surface area contributed by atoms with E-state index in [0.29, 0.717) is 12.2 Å². The van der Waals surface area contributed by atoms with E-state index in [4.69, 9.17) is 0 Å². The Bertz CT molecular complexity index is 977. The highest BCUT2D eigenvalue weighted by molar-refractivity contribution is 9.10. The number of carbonyl (C=O) groups is 1. The zero-order valence-electron chi connectivity index (χ0n) is 14.7. The summed E-state index contributed by atoms with van der Waals surface area (Å²) in [6, 6.07) is 7.87. The third-order valence-electron chi connectivity index (χ3n) is 4.06. The van der Waals surface area contributed by atoms with Crippen LogP contribution in [0.15, 0.2) is 53.5 Å². The lowest BCUT2D eigenvalue weighted by Crippen LogP contribution is -2.40. The Balaban J connectivity index is 1.69. The molecule has 0 aliphatic heterocycles. The third kappa shape index (κ3) is 4.22. The van der Waals surface area contributed by atoms with Gasteiger partial charge in [-0.2, -0.15) is 10.2 Å². The van der Waals surface area contributed by atoms with Crippen LogP contribution in [0.2, 0.25) is 0 Å². The Morgan fingerprint density at radius 1 is 1.22 bits per heavy atom. The second-order valence-electron chi connectivity index (χ2n) is 6.47. The number of carbonyl (C=O) groups excluding carboxylic acids is 1. The number of nitro groups is 1. The summed E-state index contributed by atoms with van der Waals surface area (Å²) in [4.78, 5) is 22.9. The van der Waals surface area contributed by atoms with Crippen LogP contribution in [-0.4, -0.2) is 30.4 Å². The summed E-state index contributed by atoms with van der Waals surface area (Å²) in [6.45, 7) is 3.83. The van der Waals surface area contributed by atoms with E-state index in [-0.39, 0.29) is 11.6 Å². The molecule has 0 bridgehead atoms. The maximum Gasteiger partial charge on any atom is 0.307 e. The van der Waals surface area contributed by atoms with Crippen LogP contribution in [0.25, 0.3) is 0 Å². The van der Waals surface area contributed by atoms with Gasteiger partial charge in [0.15, 0.2) is 0 Å². The summed E-state index contributed by atoms with van der Waals surface area (Å²) in [5.74, 6) is -0.358. The fraction of sp³-hybridized carbons (Fsp3) is 0.235. The lowest BCUT2D eigenvalue weighted by molar-refractivity contribution is -0.385. The molecule has 140 valence electrons. The minimum atomic E-state index is -1.11. The smallest absolute Gasteiger partial charge is 0.307 e. The summed E-state index contributed by atoms with van der Waals surface area (Å²) in [6.07, 6.45) is 5.63. The molecule has 0 saturated heterocycles. The van der Waals surface area contributed by atoms with Gasteiger partial charge < -0.3 is 5.32 Å². The van der Waals surface area contributed by atoms with Crippen molar-refractivity contribution < 1.29 is 9.72 Å². The summed E-state index contributed by atoms with van der Waals surface area (Å²) in [5.41, 5.74) is 0.329. The molecule has 9 nitrogen and oxygen atoms in total. The van der Waals surface area contributed by atoms with Gasteiger partial charge in [0.05, 0.1) is 23.4 Å². The minimum absolute atomic E-state index is 0.168. The molecular weight excluding hydrogens is 416 g/mol. The molecule has 0 radical (unpaired) electrons. The highest BCUT2D eigenvalue weighted by Crippen LogP contribution is 2.21. The van der Waals surface area contributed by atoms with Crippen LogP contribution in [0.3, 0.4) is 0 Å². The van der Waals surface area contributed by atoms with Crippen LogP contribution in [0.4, 0.5) is 11.4 Å². The van der Waals surface area contributed by atoms with Gasteiger partial charge in [-0.25, -0.2) is 0 Å². The normalized spacial score (nSPS) is 11.4. The predicted molar refractivity (Wildman–Crippen MR) is 102 cm³/mol. The molecule has 0 unspecified atom stereocenters. The van der Waals surface area contributed by atoms with Crippen molar-refractivity contribution in [1.82, 2.24) is 19.6 Å². The molecule has 0 aliphatic carbocycles. The minimum Gasteiger partial charge on any atom is -0.321 e. The van der Waals surface area contributed by atoms with Crippen molar-refractivity contribution >= 4 is 33.2 Å². The Morgan fingerprint density at radius 2 is 1.93 bits per heavy atom. The van der Waals surface area contributed by atoms with E-state index < -0.39 is 10.5 Å². The monoisotopic (exact) mass is 432 g/mol. The summed E-state index contributed by atoms with van der Waals surface area (Å²) in [7, 11) is 0. The molecule has 1 aromatic carbocycles. The molecule has 1 amide bonds. The van der Waals surface area contributed by atoms with E-state index in [1.807, 2.05) is 24.3 Å². The number of halogens is 1. The molecule has 0 atom stereocenters. The lowest BCUT2D eigenvalue weighted by Gasteiger charge is -2.23. The van der Waals surface area contributed by atoms with Gasteiger partial charge in [0.25, 0.3) is 5.91 Å². The standard InChI is InChI=1S/C17H17BrN6O3/c1-17(2,23-11-15(8-20-23)24(26)27)16(25)21-14-7-19-22(10-14)9-12-3-5-13(18)6-4-12/h3-8,10-11H,9H2,1-2H3,(H,21,25). The second-order valence-corrected chi connectivity index (χ2v) is 7.38. The molecule has 1 N–H and O–H groups in total. The number of aromatic nitrogens is 4. The van der Waals surface area contributed by atoms with Crippen molar-refractivity contribution in [2.75, 3.05) is 5.32 Å². The Hall–Kier alpha value is -3.01. The van der Waals surface area contributed by atoms with Crippen LogP contribution in [0.5, 0.6) is 0 Å². The molecule has 2 heterocycles. The molecule has 0 fully saturated rings. The van der Waals surface area contributed by atoms with Crippen molar-refractivity contribution in [3.8, 4) is 0 Å². The molecular formula is C17H17BrN6O3. The molecule has 0 saturated carbocycles. The van der Waals surface area contributed by atoms with Crippen LogP contribution < -0.4 is 5.32 Å². The highest BCUT2D eigenvalue weighted by Gasteiger charge is 2.32. The number of hydrogen-bond acceptors (Lipinski definition) is 5. The van der Waals surface area contributed by atoms with Gasteiger partial charge >= 0.3 is 5.69 Å². The first kappa shape index (κ1) is 18.8. The molecule has 2 aromatic heterocycles. The number of benzene rings is 1. The number of hydrogen-bond donors (Lipinski definition) is 1. The predicted octanol–water partition coefficient (Wildman–Crippen LogP) is 3.17. The number of amides is 1. The Kier molecular flexibility index (Phi) is 5.08.